The molecule has 0 aliphatic rings. The SMILES string of the molecule is Cc1cc(CC(C(=O)O)C(=O)O)cc(C(C)(C)C)c1O. The van der Waals surface area contributed by atoms with Gasteiger partial charge in [0.1, 0.15) is 5.75 Å². The van der Waals surface area contributed by atoms with E-state index >= 15 is 0 Å². The Labute approximate surface area is 117 Å². The van der Waals surface area contributed by atoms with Gasteiger partial charge < -0.3 is 15.3 Å². The van der Waals surface area contributed by atoms with Crippen LogP contribution in [-0.2, 0) is 21.4 Å². The van der Waals surface area contributed by atoms with E-state index in [2.05, 4.69) is 0 Å². The summed E-state index contributed by atoms with van der Waals surface area (Å²) < 4.78 is 0. The average Bonchev–Trinajstić information content (AvgIpc) is 2.27. The summed E-state index contributed by atoms with van der Waals surface area (Å²) in [5.41, 5.74) is 1.58. The molecule has 0 amide bonds. The van der Waals surface area contributed by atoms with Crippen molar-refractivity contribution in [2.24, 2.45) is 5.92 Å². The fraction of sp³-hybridized carbons (Fsp3) is 0.467. The van der Waals surface area contributed by atoms with Crippen LogP contribution in [0, 0.1) is 12.8 Å². The van der Waals surface area contributed by atoms with Gasteiger partial charge in [0.05, 0.1) is 0 Å². The standard InChI is InChI=1S/C15H20O5/c1-8-5-9(6-10(13(17)18)14(19)20)7-11(12(8)16)15(2,3)4/h5,7,10,16H,6H2,1-4H3,(H,17,18)(H,19,20). The Morgan fingerprint density at radius 3 is 2.05 bits per heavy atom. The first-order valence-electron chi connectivity index (χ1n) is 6.32. The van der Waals surface area contributed by atoms with Gasteiger partial charge in [0.2, 0.25) is 0 Å². The molecule has 0 bridgehead atoms. The lowest BCUT2D eigenvalue weighted by molar-refractivity contribution is -0.154. The van der Waals surface area contributed by atoms with Crippen molar-refractivity contribution in [3.63, 3.8) is 0 Å². The van der Waals surface area contributed by atoms with Crippen LogP contribution in [-0.4, -0.2) is 27.3 Å². The fourth-order valence-electron chi connectivity index (χ4n) is 2.06. The Bertz CT molecular complexity index is 526. The van der Waals surface area contributed by atoms with Crippen molar-refractivity contribution in [2.75, 3.05) is 0 Å². The van der Waals surface area contributed by atoms with E-state index in [1.165, 1.54) is 0 Å². The van der Waals surface area contributed by atoms with Crippen LogP contribution in [0.2, 0.25) is 0 Å². The molecule has 0 aliphatic carbocycles. The highest BCUT2D eigenvalue weighted by Crippen LogP contribution is 2.34. The molecule has 0 spiro atoms. The number of phenolic OH excluding ortho intramolecular Hbond substituents is 1. The number of aryl methyl sites for hydroxylation is 1. The second kappa shape index (κ2) is 5.53. The Balaban J connectivity index is 3.24. The molecule has 0 heterocycles. The molecule has 0 saturated heterocycles. The topological polar surface area (TPSA) is 94.8 Å². The van der Waals surface area contributed by atoms with Crippen LogP contribution in [0.4, 0.5) is 0 Å². The maximum atomic E-state index is 10.9. The number of carboxylic acids is 2. The Morgan fingerprint density at radius 1 is 1.15 bits per heavy atom. The second-order valence-corrected chi connectivity index (χ2v) is 5.99. The first-order valence-corrected chi connectivity index (χ1v) is 6.32. The van der Waals surface area contributed by atoms with Gasteiger partial charge in [-0.15, -0.1) is 0 Å². The highest BCUT2D eigenvalue weighted by atomic mass is 16.4. The maximum absolute atomic E-state index is 10.9. The second-order valence-electron chi connectivity index (χ2n) is 5.99. The lowest BCUT2D eigenvalue weighted by Crippen LogP contribution is -2.25. The molecule has 0 fully saturated rings. The van der Waals surface area contributed by atoms with E-state index in [0.29, 0.717) is 16.7 Å². The summed E-state index contributed by atoms with van der Waals surface area (Å²) in [4.78, 5) is 21.9. The van der Waals surface area contributed by atoms with Gasteiger partial charge in [-0.25, -0.2) is 0 Å². The quantitative estimate of drug-likeness (QED) is 0.736. The number of hydrogen-bond acceptors (Lipinski definition) is 3. The highest BCUT2D eigenvalue weighted by molar-refractivity contribution is 5.93. The van der Waals surface area contributed by atoms with E-state index in [-0.39, 0.29) is 17.6 Å². The van der Waals surface area contributed by atoms with Crippen LogP contribution in [0.25, 0.3) is 0 Å². The Morgan fingerprint density at radius 2 is 1.65 bits per heavy atom. The normalized spacial score (nSPS) is 11.7. The van der Waals surface area contributed by atoms with Gasteiger partial charge in [-0.2, -0.15) is 0 Å². The molecule has 20 heavy (non-hydrogen) atoms. The molecule has 5 nitrogen and oxygen atoms in total. The van der Waals surface area contributed by atoms with E-state index in [9.17, 15) is 14.7 Å². The lowest BCUT2D eigenvalue weighted by Gasteiger charge is -2.23. The average molecular weight is 280 g/mol. The summed E-state index contributed by atoms with van der Waals surface area (Å²) in [6, 6.07) is 3.31. The number of benzene rings is 1. The van der Waals surface area contributed by atoms with Gasteiger partial charge in [0, 0.05) is 0 Å². The van der Waals surface area contributed by atoms with Crippen LogP contribution >= 0.6 is 0 Å². The molecule has 1 aromatic rings. The van der Waals surface area contributed by atoms with Gasteiger partial charge in [0.15, 0.2) is 5.92 Å². The number of phenols is 1. The predicted octanol–water partition coefficient (Wildman–Crippen LogP) is 2.33. The van der Waals surface area contributed by atoms with Crippen molar-refractivity contribution in [1.82, 2.24) is 0 Å². The first-order chi connectivity index (χ1) is 9.04. The van der Waals surface area contributed by atoms with Crippen LogP contribution in [0.15, 0.2) is 12.1 Å². The molecule has 5 heteroatoms. The van der Waals surface area contributed by atoms with Crippen molar-refractivity contribution in [2.45, 2.75) is 39.5 Å². The van der Waals surface area contributed by atoms with Crippen molar-refractivity contribution in [3.8, 4) is 5.75 Å². The molecule has 0 aliphatic heterocycles. The van der Waals surface area contributed by atoms with Gasteiger partial charge in [-0.05, 0) is 35.4 Å². The smallest absolute Gasteiger partial charge is 0.318 e. The third kappa shape index (κ3) is 3.50. The minimum Gasteiger partial charge on any atom is -0.507 e. The van der Waals surface area contributed by atoms with Gasteiger partial charge in [-0.3, -0.25) is 9.59 Å². The zero-order valence-corrected chi connectivity index (χ0v) is 12.1. The number of aliphatic carboxylic acids is 2. The van der Waals surface area contributed by atoms with Crippen molar-refractivity contribution >= 4 is 11.9 Å². The fourth-order valence-corrected chi connectivity index (χ4v) is 2.06. The Kier molecular flexibility index (Phi) is 4.43. The number of carbonyl (C=O) groups is 2. The summed E-state index contributed by atoms with van der Waals surface area (Å²) in [6.07, 6.45) is -0.102. The minimum atomic E-state index is -1.48. The van der Waals surface area contributed by atoms with E-state index in [4.69, 9.17) is 10.2 Å². The molecule has 0 unspecified atom stereocenters. The molecule has 1 aromatic carbocycles. The number of aromatic hydroxyl groups is 1. The molecule has 0 radical (unpaired) electrons. The third-order valence-corrected chi connectivity index (χ3v) is 3.20. The molecule has 110 valence electrons. The third-order valence-electron chi connectivity index (χ3n) is 3.20. The van der Waals surface area contributed by atoms with E-state index in [0.717, 1.165) is 0 Å². The van der Waals surface area contributed by atoms with Crippen molar-refractivity contribution in [3.05, 3.63) is 28.8 Å². The summed E-state index contributed by atoms with van der Waals surface area (Å²) in [7, 11) is 0. The molecular formula is C15H20O5. The predicted molar refractivity (Wildman–Crippen MR) is 74.0 cm³/mol. The van der Waals surface area contributed by atoms with Crippen LogP contribution < -0.4 is 0 Å². The largest absolute Gasteiger partial charge is 0.507 e. The zero-order chi connectivity index (χ0) is 15.7. The molecule has 0 saturated carbocycles. The molecule has 1 rings (SSSR count). The Hall–Kier alpha value is -2.04. The number of rotatable bonds is 4. The highest BCUT2D eigenvalue weighted by Gasteiger charge is 2.27. The maximum Gasteiger partial charge on any atom is 0.318 e. The number of hydrogen-bond donors (Lipinski definition) is 3. The summed E-state index contributed by atoms with van der Waals surface area (Å²) in [6.45, 7) is 7.50. The van der Waals surface area contributed by atoms with E-state index < -0.39 is 17.9 Å². The van der Waals surface area contributed by atoms with Gasteiger partial charge >= 0.3 is 11.9 Å². The molecule has 3 N–H and O–H groups in total. The van der Waals surface area contributed by atoms with Gasteiger partial charge in [0.25, 0.3) is 0 Å². The monoisotopic (exact) mass is 280 g/mol. The first kappa shape index (κ1) is 16.0. The number of carboxylic acid groups (broad SMARTS) is 2. The van der Waals surface area contributed by atoms with Crippen LogP contribution in [0.5, 0.6) is 5.75 Å². The van der Waals surface area contributed by atoms with E-state index in [1.807, 2.05) is 20.8 Å². The van der Waals surface area contributed by atoms with Crippen molar-refractivity contribution < 1.29 is 24.9 Å². The zero-order valence-electron chi connectivity index (χ0n) is 12.1. The minimum absolute atomic E-state index is 0.102. The van der Waals surface area contributed by atoms with E-state index in [1.54, 1.807) is 19.1 Å². The summed E-state index contributed by atoms with van der Waals surface area (Å²) in [5.74, 6) is -4.03. The van der Waals surface area contributed by atoms with Crippen LogP contribution in [0.3, 0.4) is 0 Å². The van der Waals surface area contributed by atoms with Crippen molar-refractivity contribution in [1.29, 1.82) is 0 Å². The molecular weight excluding hydrogens is 260 g/mol. The lowest BCUT2D eigenvalue weighted by atomic mass is 9.83. The molecule has 0 aromatic heterocycles. The van der Waals surface area contributed by atoms with Crippen LogP contribution in [0.1, 0.15) is 37.5 Å². The summed E-state index contributed by atoms with van der Waals surface area (Å²) in [5, 5.41) is 27.9. The molecule has 0 atom stereocenters. The van der Waals surface area contributed by atoms with Gasteiger partial charge in [-0.1, -0.05) is 32.9 Å². The summed E-state index contributed by atoms with van der Waals surface area (Å²) >= 11 is 0.